The fraction of sp³-hybridized carbons (Fsp3) is 0.727. The van der Waals surface area contributed by atoms with Gasteiger partial charge in [0.2, 0.25) is 24.6 Å². The number of nitrogens with one attached hydrogen (secondary N) is 1. The first-order valence-electron chi connectivity index (χ1n) is 6.09. The van der Waals surface area contributed by atoms with Gasteiger partial charge < -0.3 is 5.23 Å². The molecule has 0 radical (unpaired) electrons. The van der Waals surface area contributed by atoms with E-state index in [9.17, 15) is 14.4 Å². The van der Waals surface area contributed by atoms with E-state index in [0.717, 1.165) is 0 Å². The van der Waals surface area contributed by atoms with E-state index in [-0.39, 0.29) is 43.5 Å². The lowest BCUT2D eigenvalue weighted by Gasteiger charge is -2.14. The largest absolute Gasteiger partial charge is 0.399 e. The van der Waals surface area contributed by atoms with Gasteiger partial charge in [-0.15, -0.1) is 0 Å². The molecule has 1 atom stereocenters. The average Bonchev–Trinajstić information content (AvgIpc) is 2.50. The van der Waals surface area contributed by atoms with Crippen LogP contribution in [0.15, 0.2) is 0 Å². The highest BCUT2D eigenvalue weighted by molar-refractivity contribution is 6.56. The van der Waals surface area contributed by atoms with E-state index in [0.29, 0.717) is 12.8 Å². The van der Waals surface area contributed by atoms with Gasteiger partial charge in [-0.1, -0.05) is 20.6 Å². The number of hydrogen-bond donors (Lipinski definition) is 1. The summed E-state index contributed by atoms with van der Waals surface area (Å²) in [5, 5.41) is 2.73. The van der Waals surface area contributed by atoms with Gasteiger partial charge in [0.25, 0.3) is 0 Å². The van der Waals surface area contributed by atoms with Gasteiger partial charge in [0.1, 0.15) is 0 Å². The molecule has 1 unspecified atom stereocenters. The molecule has 0 aromatic heterocycles. The Balaban J connectivity index is 2.44. The molecule has 1 fully saturated rings. The zero-order valence-corrected chi connectivity index (χ0v) is 10.7. The van der Waals surface area contributed by atoms with Crippen LogP contribution >= 0.6 is 0 Å². The summed E-state index contributed by atoms with van der Waals surface area (Å²) >= 11 is 0. The molecule has 1 N–H and O–H groups in total. The van der Waals surface area contributed by atoms with Crippen molar-refractivity contribution in [2.75, 3.05) is 6.54 Å². The topological polar surface area (TPSA) is 66.5 Å². The van der Waals surface area contributed by atoms with E-state index in [1.54, 1.807) is 0 Å². The first kappa shape index (κ1) is 13.7. The van der Waals surface area contributed by atoms with Gasteiger partial charge in [-0.05, 0) is 6.42 Å². The molecule has 1 aliphatic rings. The SMILES string of the molecule is CCC1CC(=O)N(CCC(=O)NB(C)C)C1=O. The third kappa shape index (κ3) is 3.58. The monoisotopic (exact) mass is 238 g/mol. The van der Waals surface area contributed by atoms with Gasteiger partial charge in [0.15, 0.2) is 0 Å². The van der Waals surface area contributed by atoms with Crippen LogP contribution in [0.1, 0.15) is 26.2 Å². The Morgan fingerprint density at radius 1 is 1.47 bits per heavy atom. The number of carbonyl (C=O) groups excluding carboxylic acids is 3. The number of likely N-dealkylation sites (tertiary alicyclic amines) is 1. The predicted molar refractivity (Wildman–Crippen MR) is 65.4 cm³/mol. The highest BCUT2D eigenvalue weighted by Crippen LogP contribution is 2.22. The number of imide groups is 1. The van der Waals surface area contributed by atoms with Crippen LogP contribution in [0.4, 0.5) is 0 Å². The predicted octanol–water partition coefficient (Wildman–Crippen LogP) is 0.529. The molecule has 1 rings (SSSR count). The summed E-state index contributed by atoms with van der Waals surface area (Å²) in [6.45, 7) is 5.92. The second-order valence-corrected chi connectivity index (χ2v) is 4.67. The number of carbonyl (C=O) groups is 3. The Labute approximate surface area is 102 Å². The van der Waals surface area contributed by atoms with Crippen LogP contribution in [0, 0.1) is 5.92 Å². The second-order valence-electron chi connectivity index (χ2n) is 4.67. The lowest BCUT2D eigenvalue weighted by molar-refractivity contribution is -0.139. The van der Waals surface area contributed by atoms with E-state index >= 15 is 0 Å². The molecule has 0 spiro atoms. The second kappa shape index (κ2) is 5.84. The molecule has 0 bridgehead atoms. The zero-order chi connectivity index (χ0) is 13.0. The standard InChI is InChI=1S/C11H19BN2O3/c1-4-8-7-10(16)14(11(8)17)6-5-9(15)13-12(2)3/h8H,4-7H2,1-3H3,(H,13,15). The Morgan fingerprint density at radius 3 is 2.59 bits per heavy atom. The minimum absolute atomic E-state index is 0.0795. The van der Waals surface area contributed by atoms with Crippen LogP contribution in [0.3, 0.4) is 0 Å². The average molecular weight is 238 g/mol. The van der Waals surface area contributed by atoms with Crippen LogP contribution < -0.4 is 5.23 Å². The van der Waals surface area contributed by atoms with Crippen molar-refractivity contribution < 1.29 is 14.4 Å². The van der Waals surface area contributed by atoms with Gasteiger partial charge in [0.05, 0.1) is 0 Å². The van der Waals surface area contributed by atoms with Gasteiger partial charge in [-0.2, -0.15) is 0 Å². The summed E-state index contributed by atoms with van der Waals surface area (Å²) in [5.41, 5.74) is 0. The maximum Gasteiger partial charge on any atom is 0.248 e. The van der Waals surface area contributed by atoms with Crippen LogP contribution in [0.2, 0.25) is 13.6 Å². The molecule has 0 aromatic carbocycles. The van der Waals surface area contributed by atoms with Crippen LogP contribution in [-0.2, 0) is 14.4 Å². The number of rotatable bonds is 5. The van der Waals surface area contributed by atoms with Crippen molar-refractivity contribution in [3.63, 3.8) is 0 Å². The highest BCUT2D eigenvalue weighted by atomic mass is 16.2. The normalized spacial score (nSPS) is 19.7. The molecule has 17 heavy (non-hydrogen) atoms. The lowest BCUT2D eigenvalue weighted by atomic mass is 9.69. The molecule has 0 saturated carbocycles. The summed E-state index contributed by atoms with van der Waals surface area (Å²) in [5.74, 6) is -0.592. The van der Waals surface area contributed by atoms with Crippen molar-refractivity contribution >= 4 is 24.6 Å². The molecule has 1 heterocycles. The Kier molecular flexibility index (Phi) is 4.72. The minimum atomic E-state index is -0.185. The third-order valence-corrected chi connectivity index (χ3v) is 2.84. The van der Waals surface area contributed by atoms with Gasteiger partial charge >= 0.3 is 0 Å². The van der Waals surface area contributed by atoms with E-state index in [4.69, 9.17) is 0 Å². The van der Waals surface area contributed by atoms with Crippen molar-refractivity contribution in [3.8, 4) is 0 Å². The summed E-state index contributed by atoms with van der Waals surface area (Å²) in [6.07, 6.45) is 1.16. The van der Waals surface area contributed by atoms with Gasteiger partial charge in [-0.25, -0.2) is 0 Å². The van der Waals surface area contributed by atoms with Crippen LogP contribution in [0.5, 0.6) is 0 Å². The van der Waals surface area contributed by atoms with Crippen molar-refractivity contribution in [3.05, 3.63) is 0 Å². The maximum absolute atomic E-state index is 11.8. The van der Waals surface area contributed by atoms with E-state index in [1.165, 1.54) is 4.90 Å². The first-order chi connectivity index (χ1) is 7.95. The van der Waals surface area contributed by atoms with Gasteiger partial charge in [0, 0.05) is 25.3 Å². The number of hydrogen-bond acceptors (Lipinski definition) is 3. The molecule has 0 aromatic rings. The lowest BCUT2D eigenvalue weighted by Crippen LogP contribution is -2.38. The zero-order valence-electron chi connectivity index (χ0n) is 10.7. The smallest absolute Gasteiger partial charge is 0.248 e. The Morgan fingerprint density at radius 2 is 2.12 bits per heavy atom. The fourth-order valence-corrected chi connectivity index (χ4v) is 1.91. The summed E-state index contributed by atoms with van der Waals surface area (Å²) in [7, 11) is 0. The Bertz CT molecular complexity index is 331. The molecular formula is C11H19BN2O3. The minimum Gasteiger partial charge on any atom is -0.399 e. The molecule has 1 saturated heterocycles. The molecular weight excluding hydrogens is 219 g/mol. The quantitative estimate of drug-likeness (QED) is 0.561. The molecule has 5 nitrogen and oxygen atoms in total. The fourth-order valence-electron chi connectivity index (χ4n) is 1.91. The van der Waals surface area contributed by atoms with Crippen LogP contribution in [0.25, 0.3) is 0 Å². The molecule has 6 heteroatoms. The summed E-state index contributed by atoms with van der Waals surface area (Å²) in [6, 6.07) is 0. The summed E-state index contributed by atoms with van der Waals surface area (Å²) in [4.78, 5) is 35.9. The van der Waals surface area contributed by atoms with E-state index in [2.05, 4.69) is 5.23 Å². The Hall–Kier alpha value is -1.33. The van der Waals surface area contributed by atoms with E-state index < -0.39 is 0 Å². The first-order valence-corrected chi connectivity index (χ1v) is 6.09. The van der Waals surface area contributed by atoms with Gasteiger partial charge in [-0.3, -0.25) is 19.3 Å². The molecule has 94 valence electrons. The van der Waals surface area contributed by atoms with Crippen molar-refractivity contribution in [2.24, 2.45) is 5.92 Å². The third-order valence-electron chi connectivity index (χ3n) is 2.84. The molecule has 3 amide bonds. The molecule has 0 aliphatic carbocycles. The number of amides is 3. The van der Waals surface area contributed by atoms with Crippen molar-refractivity contribution in [1.82, 2.24) is 10.1 Å². The van der Waals surface area contributed by atoms with E-state index in [1.807, 2.05) is 20.6 Å². The van der Waals surface area contributed by atoms with Crippen LogP contribution in [-0.4, -0.2) is 36.0 Å². The van der Waals surface area contributed by atoms with Crippen molar-refractivity contribution in [2.45, 2.75) is 39.8 Å². The molecule has 1 aliphatic heterocycles. The van der Waals surface area contributed by atoms with Crippen molar-refractivity contribution in [1.29, 1.82) is 0 Å². The summed E-state index contributed by atoms with van der Waals surface area (Å²) < 4.78 is 0. The maximum atomic E-state index is 11.8. The highest BCUT2D eigenvalue weighted by Gasteiger charge is 2.36. The number of nitrogens with zero attached hydrogens (tertiary/aromatic N) is 1.